The molecule has 0 saturated carbocycles. The summed E-state index contributed by atoms with van der Waals surface area (Å²) in [5.74, 6) is 0. The van der Waals surface area contributed by atoms with Crippen LogP contribution < -0.4 is 10.6 Å². The number of alkyl halides is 3. The first-order valence-electron chi connectivity index (χ1n) is 6.03. The molecule has 0 heterocycles. The lowest BCUT2D eigenvalue weighted by molar-refractivity contribution is -0.137. The average molecular weight is 306 g/mol. The highest BCUT2D eigenvalue weighted by Crippen LogP contribution is 2.32. The third-order valence-electron chi connectivity index (χ3n) is 2.88. The fourth-order valence-electron chi connectivity index (χ4n) is 1.74. The Hall–Kier alpha value is -1.34. The zero-order chi connectivity index (χ0) is 15.5. The molecule has 0 spiro atoms. The van der Waals surface area contributed by atoms with Crippen LogP contribution in [0.25, 0.3) is 0 Å². The highest BCUT2D eigenvalue weighted by atomic mass is 32.1. The summed E-state index contributed by atoms with van der Waals surface area (Å²) in [6.07, 6.45) is -4.43. The summed E-state index contributed by atoms with van der Waals surface area (Å²) in [4.78, 5) is 1.64. The SMILES string of the molecule is CC(O)CCN(C)c1ccc(C(F)(F)F)cc1C(N)=S. The lowest BCUT2D eigenvalue weighted by Crippen LogP contribution is -2.25. The van der Waals surface area contributed by atoms with Crippen molar-refractivity contribution in [2.24, 2.45) is 5.73 Å². The van der Waals surface area contributed by atoms with Crippen molar-refractivity contribution in [1.29, 1.82) is 0 Å². The van der Waals surface area contributed by atoms with Crippen LogP contribution in [-0.2, 0) is 6.18 Å². The summed E-state index contributed by atoms with van der Waals surface area (Å²) in [5, 5.41) is 9.25. The van der Waals surface area contributed by atoms with Gasteiger partial charge in [-0.25, -0.2) is 0 Å². The molecule has 0 aromatic heterocycles. The van der Waals surface area contributed by atoms with Crippen molar-refractivity contribution >= 4 is 22.9 Å². The average Bonchev–Trinajstić information content (AvgIpc) is 2.33. The van der Waals surface area contributed by atoms with Gasteiger partial charge in [-0.05, 0) is 31.5 Å². The third-order valence-corrected chi connectivity index (χ3v) is 3.10. The summed E-state index contributed by atoms with van der Waals surface area (Å²) >= 11 is 4.82. The Morgan fingerprint density at radius 1 is 1.45 bits per heavy atom. The summed E-state index contributed by atoms with van der Waals surface area (Å²) in [6.45, 7) is 2.13. The van der Waals surface area contributed by atoms with Crippen LogP contribution in [-0.4, -0.2) is 29.8 Å². The van der Waals surface area contributed by atoms with Crippen LogP contribution in [0.5, 0.6) is 0 Å². The Morgan fingerprint density at radius 2 is 2.05 bits per heavy atom. The topological polar surface area (TPSA) is 49.5 Å². The molecule has 3 N–H and O–H groups in total. The van der Waals surface area contributed by atoms with E-state index in [9.17, 15) is 18.3 Å². The van der Waals surface area contributed by atoms with Gasteiger partial charge in [-0.15, -0.1) is 0 Å². The van der Waals surface area contributed by atoms with E-state index in [4.69, 9.17) is 18.0 Å². The van der Waals surface area contributed by atoms with Crippen molar-refractivity contribution in [3.05, 3.63) is 29.3 Å². The van der Waals surface area contributed by atoms with Crippen LogP contribution in [0.4, 0.5) is 18.9 Å². The zero-order valence-electron chi connectivity index (χ0n) is 11.2. The van der Waals surface area contributed by atoms with Crippen molar-refractivity contribution in [2.45, 2.75) is 25.6 Å². The molecule has 1 aromatic rings. The molecule has 0 fully saturated rings. The molecule has 112 valence electrons. The first kappa shape index (κ1) is 16.7. The summed E-state index contributed by atoms with van der Waals surface area (Å²) in [7, 11) is 1.72. The van der Waals surface area contributed by atoms with E-state index in [1.54, 1.807) is 18.9 Å². The Labute approximate surface area is 121 Å². The van der Waals surface area contributed by atoms with E-state index in [0.717, 1.165) is 12.1 Å². The molecule has 0 aliphatic carbocycles. The number of nitrogens with zero attached hydrogens (tertiary/aromatic N) is 1. The predicted octanol–water partition coefficient (Wildman–Crippen LogP) is 2.55. The van der Waals surface area contributed by atoms with Gasteiger partial charge in [-0.1, -0.05) is 12.2 Å². The minimum absolute atomic E-state index is 0.0880. The van der Waals surface area contributed by atoms with E-state index in [1.807, 2.05) is 0 Å². The standard InChI is InChI=1S/C13H17F3N2OS/c1-8(19)5-6-18(2)11-4-3-9(13(14,15)16)7-10(11)12(17)20/h3-4,7-8,19H,5-6H2,1-2H3,(H2,17,20). The molecular formula is C13H17F3N2OS. The van der Waals surface area contributed by atoms with Gasteiger partial charge in [0.15, 0.2) is 0 Å². The molecule has 0 amide bonds. The summed E-state index contributed by atoms with van der Waals surface area (Å²) < 4.78 is 38.1. The predicted molar refractivity (Wildman–Crippen MR) is 76.9 cm³/mol. The van der Waals surface area contributed by atoms with E-state index in [1.165, 1.54) is 6.07 Å². The minimum atomic E-state index is -4.43. The highest BCUT2D eigenvalue weighted by molar-refractivity contribution is 7.80. The molecule has 20 heavy (non-hydrogen) atoms. The fourth-order valence-corrected chi connectivity index (χ4v) is 1.91. The van der Waals surface area contributed by atoms with Gasteiger partial charge in [-0.2, -0.15) is 13.2 Å². The second kappa shape index (κ2) is 6.41. The van der Waals surface area contributed by atoms with E-state index in [-0.39, 0.29) is 10.6 Å². The lowest BCUT2D eigenvalue weighted by Gasteiger charge is -2.23. The van der Waals surface area contributed by atoms with E-state index in [0.29, 0.717) is 18.7 Å². The number of thiocarbonyl (C=S) groups is 1. The van der Waals surface area contributed by atoms with Gasteiger partial charge in [0, 0.05) is 24.8 Å². The Balaban J connectivity index is 3.10. The number of aliphatic hydroxyl groups excluding tert-OH is 1. The number of hydrogen-bond acceptors (Lipinski definition) is 3. The van der Waals surface area contributed by atoms with Crippen molar-refractivity contribution in [3.63, 3.8) is 0 Å². The first-order chi connectivity index (χ1) is 9.12. The maximum atomic E-state index is 12.7. The molecule has 0 saturated heterocycles. The minimum Gasteiger partial charge on any atom is -0.393 e. The molecule has 1 rings (SSSR count). The van der Waals surface area contributed by atoms with Gasteiger partial charge in [0.05, 0.1) is 11.7 Å². The molecule has 0 bridgehead atoms. The van der Waals surface area contributed by atoms with Gasteiger partial charge in [0.25, 0.3) is 0 Å². The van der Waals surface area contributed by atoms with E-state index < -0.39 is 17.8 Å². The lowest BCUT2D eigenvalue weighted by atomic mass is 10.1. The number of nitrogens with two attached hydrogens (primary N) is 1. The van der Waals surface area contributed by atoms with Gasteiger partial charge in [-0.3, -0.25) is 0 Å². The number of anilines is 1. The Bertz CT molecular complexity index is 489. The van der Waals surface area contributed by atoms with Gasteiger partial charge < -0.3 is 15.7 Å². The Kier molecular flexibility index (Phi) is 5.35. The van der Waals surface area contributed by atoms with Gasteiger partial charge >= 0.3 is 6.18 Å². The third kappa shape index (κ3) is 4.35. The second-order valence-corrected chi connectivity index (χ2v) is 5.09. The summed E-state index contributed by atoms with van der Waals surface area (Å²) in [6, 6.07) is 3.30. The van der Waals surface area contributed by atoms with Crippen LogP contribution in [0, 0.1) is 0 Å². The zero-order valence-corrected chi connectivity index (χ0v) is 12.1. The molecule has 7 heteroatoms. The summed E-state index contributed by atoms with van der Waals surface area (Å²) in [5.41, 5.74) is 5.43. The van der Waals surface area contributed by atoms with Crippen molar-refractivity contribution in [2.75, 3.05) is 18.5 Å². The number of benzene rings is 1. The normalized spacial score (nSPS) is 13.1. The first-order valence-corrected chi connectivity index (χ1v) is 6.44. The fraction of sp³-hybridized carbons (Fsp3) is 0.462. The monoisotopic (exact) mass is 306 g/mol. The molecular weight excluding hydrogens is 289 g/mol. The smallest absolute Gasteiger partial charge is 0.393 e. The van der Waals surface area contributed by atoms with Crippen molar-refractivity contribution in [3.8, 4) is 0 Å². The molecule has 0 aliphatic rings. The number of halogens is 3. The quantitative estimate of drug-likeness (QED) is 0.821. The molecule has 3 nitrogen and oxygen atoms in total. The maximum Gasteiger partial charge on any atom is 0.416 e. The molecule has 0 aliphatic heterocycles. The van der Waals surface area contributed by atoms with Crippen molar-refractivity contribution in [1.82, 2.24) is 0 Å². The van der Waals surface area contributed by atoms with Gasteiger partial charge in [0.2, 0.25) is 0 Å². The number of aliphatic hydroxyl groups is 1. The van der Waals surface area contributed by atoms with Crippen LogP contribution >= 0.6 is 12.2 Å². The van der Waals surface area contributed by atoms with Crippen molar-refractivity contribution < 1.29 is 18.3 Å². The van der Waals surface area contributed by atoms with Crippen LogP contribution in [0.1, 0.15) is 24.5 Å². The highest BCUT2D eigenvalue weighted by Gasteiger charge is 2.31. The number of rotatable bonds is 5. The van der Waals surface area contributed by atoms with Crippen LogP contribution in [0.15, 0.2) is 18.2 Å². The molecule has 1 unspecified atom stereocenters. The van der Waals surface area contributed by atoms with Gasteiger partial charge in [0.1, 0.15) is 4.99 Å². The van der Waals surface area contributed by atoms with Crippen LogP contribution in [0.2, 0.25) is 0 Å². The second-order valence-electron chi connectivity index (χ2n) is 4.65. The maximum absolute atomic E-state index is 12.7. The number of hydrogen-bond donors (Lipinski definition) is 2. The Morgan fingerprint density at radius 3 is 2.50 bits per heavy atom. The van der Waals surface area contributed by atoms with E-state index in [2.05, 4.69) is 0 Å². The molecule has 0 radical (unpaired) electrons. The van der Waals surface area contributed by atoms with E-state index >= 15 is 0 Å². The van der Waals surface area contributed by atoms with Crippen LogP contribution in [0.3, 0.4) is 0 Å². The molecule has 1 aromatic carbocycles. The largest absolute Gasteiger partial charge is 0.416 e. The molecule has 1 atom stereocenters.